The van der Waals surface area contributed by atoms with Gasteiger partial charge in [0.25, 0.3) is 5.96 Å². The van der Waals surface area contributed by atoms with Crippen LogP contribution in [0.3, 0.4) is 0 Å². The van der Waals surface area contributed by atoms with E-state index in [2.05, 4.69) is 10.3 Å². The van der Waals surface area contributed by atoms with E-state index in [0.717, 1.165) is 18.0 Å². The highest BCUT2D eigenvalue weighted by Crippen LogP contribution is 1.98. The Hall–Kier alpha value is -1.33. The smallest absolute Gasteiger partial charge is 0.257 e. The Balaban J connectivity index is 2.45. The second-order valence-electron chi connectivity index (χ2n) is 2.49. The molecule has 1 N–H and O–H groups in total. The molecule has 0 radical (unpaired) electrons. The quantitative estimate of drug-likeness (QED) is 0.474. The van der Waals surface area contributed by atoms with Crippen molar-refractivity contribution in [1.29, 1.82) is 0 Å². The first-order chi connectivity index (χ1) is 5.75. The highest BCUT2D eigenvalue weighted by atomic mass is 16.7. The molecule has 0 saturated heterocycles. The minimum Gasteiger partial charge on any atom is -0.352 e. The largest absolute Gasteiger partial charge is 0.352 e. The Morgan fingerprint density at radius 3 is 3.17 bits per heavy atom. The lowest BCUT2D eigenvalue weighted by molar-refractivity contribution is -0.627. The Labute approximate surface area is 70.4 Å². The van der Waals surface area contributed by atoms with Crippen LogP contribution in [0.25, 0.3) is 0 Å². The molecular weight excluding hydrogens is 160 g/mol. The molecule has 1 rings (SSSR count). The predicted octanol–water partition coefficient (Wildman–Crippen LogP) is -0.151. The average Bonchev–Trinajstić information content (AvgIpc) is 2.48. The topological polar surface area (TPSA) is 70.8 Å². The van der Waals surface area contributed by atoms with Gasteiger partial charge >= 0.3 is 0 Å². The van der Waals surface area contributed by atoms with Crippen molar-refractivity contribution in [1.82, 2.24) is 10.3 Å². The van der Waals surface area contributed by atoms with Crippen LogP contribution >= 0.6 is 0 Å². The summed E-state index contributed by atoms with van der Waals surface area (Å²) >= 11 is 0. The van der Waals surface area contributed by atoms with Gasteiger partial charge in [-0.2, -0.15) is 0 Å². The van der Waals surface area contributed by atoms with Crippen molar-refractivity contribution in [2.24, 2.45) is 4.99 Å². The summed E-state index contributed by atoms with van der Waals surface area (Å²) < 4.78 is 0. The molecule has 0 atom stereocenters. The third-order valence-corrected chi connectivity index (χ3v) is 1.55. The van der Waals surface area contributed by atoms with Crippen LogP contribution in [0.2, 0.25) is 0 Å². The summed E-state index contributed by atoms with van der Waals surface area (Å²) in [6.07, 6.45) is 0.935. The number of hydrazine groups is 1. The van der Waals surface area contributed by atoms with Gasteiger partial charge in [0.15, 0.2) is 5.03 Å². The van der Waals surface area contributed by atoms with Gasteiger partial charge in [-0.05, 0) is 6.42 Å². The standard InChI is InChI=1S/C6H12N4O2/c1-2-3-7-6-8-4-5-9(6)10(11)12/h2-5H2,1H3,(H,7,8). The summed E-state index contributed by atoms with van der Waals surface area (Å²) in [6, 6.07) is 0. The van der Waals surface area contributed by atoms with Crippen molar-refractivity contribution >= 4 is 5.96 Å². The molecule has 0 aromatic heterocycles. The molecule has 0 bridgehead atoms. The lowest BCUT2D eigenvalue weighted by Gasteiger charge is -2.09. The zero-order valence-electron chi connectivity index (χ0n) is 6.99. The fraction of sp³-hybridized carbons (Fsp3) is 0.833. The SMILES string of the molecule is CCCNC1=NCCN1[N+](=O)[O-]. The van der Waals surface area contributed by atoms with E-state index in [4.69, 9.17) is 0 Å². The van der Waals surface area contributed by atoms with Gasteiger partial charge in [-0.15, -0.1) is 0 Å². The van der Waals surface area contributed by atoms with Crippen LogP contribution in [0, 0.1) is 10.1 Å². The molecular formula is C6H12N4O2. The molecule has 0 aromatic carbocycles. The molecule has 1 aliphatic rings. The molecule has 1 heterocycles. The fourth-order valence-electron chi connectivity index (χ4n) is 0.981. The van der Waals surface area contributed by atoms with E-state index >= 15 is 0 Å². The Morgan fingerprint density at radius 1 is 1.83 bits per heavy atom. The molecule has 6 nitrogen and oxygen atoms in total. The van der Waals surface area contributed by atoms with Crippen molar-refractivity contribution in [3.63, 3.8) is 0 Å². The molecule has 0 fully saturated rings. The van der Waals surface area contributed by atoms with Crippen molar-refractivity contribution in [3.05, 3.63) is 10.1 Å². The van der Waals surface area contributed by atoms with Gasteiger partial charge in [0.1, 0.15) is 6.54 Å². The maximum atomic E-state index is 10.4. The number of nitrogens with zero attached hydrogens (tertiary/aromatic N) is 3. The number of aliphatic imine (C=N–C) groups is 1. The zero-order valence-corrected chi connectivity index (χ0v) is 6.99. The number of hydrogen-bond donors (Lipinski definition) is 1. The maximum Gasteiger partial charge on any atom is 0.257 e. The van der Waals surface area contributed by atoms with Gasteiger partial charge in [0, 0.05) is 6.54 Å². The third kappa shape index (κ3) is 1.84. The molecule has 0 aliphatic carbocycles. The number of guanidine groups is 1. The molecule has 0 spiro atoms. The Morgan fingerprint density at radius 2 is 2.58 bits per heavy atom. The summed E-state index contributed by atoms with van der Waals surface area (Å²) in [5, 5.41) is 13.9. The summed E-state index contributed by atoms with van der Waals surface area (Å²) in [4.78, 5) is 14.4. The van der Waals surface area contributed by atoms with Gasteiger partial charge in [-0.3, -0.25) is 0 Å². The van der Waals surface area contributed by atoms with Crippen LogP contribution in [0.15, 0.2) is 4.99 Å². The summed E-state index contributed by atoms with van der Waals surface area (Å²) in [5.41, 5.74) is 0. The van der Waals surface area contributed by atoms with E-state index in [0.29, 0.717) is 19.0 Å². The normalized spacial score (nSPS) is 16.1. The number of rotatable bonds is 3. The fourth-order valence-corrected chi connectivity index (χ4v) is 0.981. The van der Waals surface area contributed by atoms with E-state index in [1.54, 1.807) is 0 Å². The van der Waals surface area contributed by atoms with Gasteiger partial charge in [0.05, 0.1) is 6.54 Å². The molecule has 6 heteroatoms. The summed E-state index contributed by atoms with van der Waals surface area (Å²) in [7, 11) is 0. The van der Waals surface area contributed by atoms with Crippen LogP contribution in [-0.2, 0) is 0 Å². The molecule has 1 aliphatic heterocycles. The van der Waals surface area contributed by atoms with Crippen molar-refractivity contribution < 1.29 is 5.03 Å². The highest BCUT2D eigenvalue weighted by Gasteiger charge is 2.25. The Kier molecular flexibility index (Phi) is 2.84. The summed E-state index contributed by atoms with van der Waals surface area (Å²) in [6.45, 7) is 3.61. The minimum absolute atomic E-state index is 0.374. The average molecular weight is 172 g/mol. The van der Waals surface area contributed by atoms with Crippen molar-refractivity contribution in [3.8, 4) is 0 Å². The van der Waals surface area contributed by atoms with Crippen LogP contribution in [0.5, 0.6) is 0 Å². The molecule has 12 heavy (non-hydrogen) atoms. The first-order valence-electron chi connectivity index (χ1n) is 3.96. The molecule has 0 amide bonds. The number of hydrogen-bond acceptors (Lipinski definition) is 4. The molecule has 0 unspecified atom stereocenters. The number of nitrogens with one attached hydrogen (secondary N) is 1. The van der Waals surface area contributed by atoms with Crippen molar-refractivity contribution in [2.45, 2.75) is 13.3 Å². The van der Waals surface area contributed by atoms with E-state index in [9.17, 15) is 10.1 Å². The van der Waals surface area contributed by atoms with E-state index in [-0.39, 0.29) is 0 Å². The lowest BCUT2D eigenvalue weighted by atomic mass is 10.5. The molecule has 0 saturated carbocycles. The monoisotopic (exact) mass is 172 g/mol. The maximum absolute atomic E-state index is 10.4. The van der Waals surface area contributed by atoms with Gasteiger partial charge < -0.3 is 5.32 Å². The van der Waals surface area contributed by atoms with E-state index in [1.165, 1.54) is 0 Å². The first-order valence-corrected chi connectivity index (χ1v) is 3.96. The predicted molar refractivity (Wildman–Crippen MR) is 44.3 cm³/mol. The summed E-state index contributed by atoms with van der Waals surface area (Å²) in [5.74, 6) is 0.391. The van der Waals surface area contributed by atoms with Crippen LogP contribution in [0.4, 0.5) is 0 Å². The van der Waals surface area contributed by atoms with Gasteiger partial charge in [-0.25, -0.2) is 15.1 Å². The highest BCUT2D eigenvalue weighted by molar-refractivity contribution is 5.80. The van der Waals surface area contributed by atoms with Crippen molar-refractivity contribution in [2.75, 3.05) is 19.6 Å². The van der Waals surface area contributed by atoms with Crippen LogP contribution in [-0.4, -0.2) is 35.6 Å². The second kappa shape index (κ2) is 3.89. The third-order valence-electron chi connectivity index (χ3n) is 1.55. The minimum atomic E-state index is -0.436. The zero-order chi connectivity index (χ0) is 8.97. The lowest BCUT2D eigenvalue weighted by Crippen LogP contribution is -2.42. The van der Waals surface area contributed by atoms with Gasteiger partial charge in [0.2, 0.25) is 0 Å². The number of nitro groups is 1. The van der Waals surface area contributed by atoms with Gasteiger partial charge in [-0.1, -0.05) is 11.9 Å². The Bertz CT molecular complexity index is 204. The molecule has 68 valence electrons. The second-order valence-corrected chi connectivity index (χ2v) is 2.49. The van der Waals surface area contributed by atoms with Crippen LogP contribution in [0.1, 0.15) is 13.3 Å². The van der Waals surface area contributed by atoms with E-state index < -0.39 is 5.03 Å². The first kappa shape index (κ1) is 8.76. The molecule has 0 aromatic rings. The van der Waals surface area contributed by atoms with Crippen LogP contribution < -0.4 is 5.32 Å². The van der Waals surface area contributed by atoms with E-state index in [1.807, 2.05) is 6.92 Å².